The molecule has 2 heterocycles. The van der Waals surface area contributed by atoms with Crippen molar-refractivity contribution < 1.29 is 8.42 Å². The summed E-state index contributed by atoms with van der Waals surface area (Å²) in [6.45, 7) is 0.426. The molecule has 0 bridgehead atoms. The Hall–Kier alpha value is -2.35. The highest BCUT2D eigenvalue weighted by atomic mass is 35.5. The third-order valence-electron chi connectivity index (χ3n) is 4.61. The van der Waals surface area contributed by atoms with E-state index in [9.17, 15) is 13.2 Å². The van der Waals surface area contributed by atoms with Crippen LogP contribution in [0, 0.1) is 0 Å². The molecule has 6 nitrogen and oxygen atoms in total. The fourth-order valence-corrected chi connectivity index (χ4v) is 5.03. The number of aryl methyl sites for hydroxylation is 1. The Morgan fingerprint density at radius 3 is 2.46 bits per heavy atom. The summed E-state index contributed by atoms with van der Waals surface area (Å²) < 4.78 is 28.8. The molecule has 0 amide bonds. The lowest BCUT2D eigenvalue weighted by Crippen LogP contribution is -2.35. The van der Waals surface area contributed by atoms with Gasteiger partial charge in [0.1, 0.15) is 5.02 Å². The van der Waals surface area contributed by atoms with Gasteiger partial charge < -0.3 is 0 Å². The van der Waals surface area contributed by atoms with Crippen molar-refractivity contribution in [2.75, 3.05) is 10.8 Å². The van der Waals surface area contributed by atoms with Crippen LogP contribution in [0.3, 0.4) is 0 Å². The van der Waals surface area contributed by atoms with E-state index in [0.29, 0.717) is 17.9 Å². The van der Waals surface area contributed by atoms with Crippen LogP contribution in [0.4, 0.5) is 5.69 Å². The van der Waals surface area contributed by atoms with E-state index in [-0.39, 0.29) is 14.9 Å². The van der Waals surface area contributed by atoms with Crippen LogP contribution in [0.15, 0.2) is 64.4 Å². The third kappa shape index (κ3) is 3.19. The first-order valence-electron chi connectivity index (χ1n) is 8.54. The number of hydrogen-bond acceptors (Lipinski definition) is 4. The summed E-state index contributed by atoms with van der Waals surface area (Å²) in [7, 11) is -3.72. The van der Waals surface area contributed by atoms with E-state index < -0.39 is 15.6 Å². The van der Waals surface area contributed by atoms with Crippen LogP contribution < -0.4 is 9.86 Å². The first-order chi connectivity index (χ1) is 13.4. The van der Waals surface area contributed by atoms with Gasteiger partial charge in [-0.05, 0) is 48.7 Å². The number of rotatable bonds is 3. The van der Waals surface area contributed by atoms with Crippen LogP contribution in [-0.4, -0.2) is 24.7 Å². The van der Waals surface area contributed by atoms with E-state index in [0.717, 1.165) is 23.1 Å². The molecule has 1 aliphatic rings. The standard InChI is InChI=1S/C19H15Cl2N3O3S/c20-16-12-22-24(19(25)18(16)21)14-7-9-15(10-8-14)28(26,27)23-11-3-5-13-4-1-2-6-17(13)23/h1-2,4,6-10,12H,3,5,11H2. The summed E-state index contributed by atoms with van der Waals surface area (Å²) in [5.41, 5.74) is 1.54. The SMILES string of the molecule is O=c1c(Cl)c(Cl)cnn1-c1ccc(S(=O)(=O)N2CCCc3ccccc32)cc1. The summed E-state index contributed by atoms with van der Waals surface area (Å²) in [6, 6.07) is 13.5. The van der Waals surface area contributed by atoms with Crippen molar-refractivity contribution >= 4 is 38.9 Å². The summed E-state index contributed by atoms with van der Waals surface area (Å²) in [4.78, 5) is 12.4. The van der Waals surface area contributed by atoms with Gasteiger partial charge >= 0.3 is 0 Å². The molecule has 0 atom stereocenters. The molecule has 0 spiro atoms. The van der Waals surface area contributed by atoms with Gasteiger partial charge in [-0.1, -0.05) is 41.4 Å². The van der Waals surface area contributed by atoms with Crippen LogP contribution in [-0.2, 0) is 16.4 Å². The zero-order valence-electron chi connectivity index (χ0n) is 14.5. The lowest BCUT2D eigenvalue weighted by molar-refractivity contribution is 0.586. The normalized spacial score (nSPS) is 14.0. The van der Waals surface area contributed by atoms with Crippen LogP contribution in [0.25, 0.3) is 5.69 Å². The Kier molecular flexibility index (Phi) is 4.91. The van der Waals surface area contributed by atoms with Crippen molar-refractivity contribution in [1.29, 1.82) is 0 Å². The first-order valence-corrected chi connectivity index (χ1v) is 10.7. The van der Waals surface area contributed by atoms with Crippen LogP contribution >= 0.6 is 23.2 Å². The van der Waals surface area contributed by atoms with E-state index in [1.54, 1.807) is 0 Å². The smallest absolute Gasteiger partial charge is 0.266 e. The van der Waals surface area contributed by atoms with Gasteiger partial charge in [0.25, 0.3) is 15.6 Å². The molecule has 9 heteroatoms. The molecule has 0 unspecified atom stereocenters. The molecule has 0 saturated heterocycles. The van der Waals surface area contributed by atoms with Crippen molar-refractivity contribution in [3.8, 4) is 5.69 Å². The predicted octanol–water partition coefficient (Wildman–Crippen LogP) is 3.68. The molecule has 0 aliphatic carbocycles. The summed E-state index contributed by atoms with van der Waals surface area (Å²) in [5, 5.41) is 3.87. The highest BCUT2D eigenvalue weighted by Crippen LogP contribution is 2.31. The molecular formula is C19H15Cl2N3O3S. The number of fused-ring (bicyclic) bond motifs is 1. The van der Waals surface area contributed by atoms with Gasteiger partial charge in [0.05, 0.1) is 27.5 Å². The lowest BCUT2D eigenvalue weighted by atomic mass is 10.0. The minimum Gasteiger partial charge on any atom is -0.266 e. The fraction of sp³-hybridized carbons (Fsp3) is 0.158. The summed E-state index contributed by atoms with van der Waals surface area (Å²) in [6.07, 6.45) is 2.88. The van der Waals surface area contributed by atoms with Crippen molar-refractivity contribution in [3.63, 3.8) is 0 Å². The zero-order valence-corrected chi connectivity index (χ0v) is 16.9. The van der Waals surface area contributed by atoms with E-state index >= 15 is 0 Å². The Labute approximate surface area is 172 Å². The van der Waals surface area contributed by atoms with Gasteiger partial charge in [-0.25, -0.2) is 8.42 Å². The molecule has 144 valence electrons. The van der Waals surface area contributed by atoms with Crippen molar-refractivity contribution in [2.45, 2.75) is 17.7 Å². The largest absolute Gasteiger partial charge is 0.291 e. The molecule has 1 aliphatic heterocycles. The summed E-state index contributed by atoms with van der Waals surface area (Å²) >= 11 is 11.7. The predicted molar refractivity (Wildman–Crippen MR) is 109 cm³/mol. The van der Waals surface area contributed by atoms with E-state index in [1.807, 2.05) is 24.3 Å². The number of hydrogen-bond donors (Lipinski definition) is 0. The van der Waals surface area contributed by atoms with Crippen molar-refractivity contribution in [1.82, 2.24) is 9.78 Å². The monoisotopic (exact) mass is 435 g/mol. The number of anilines is 1. The molecule has 3 aromatic rings. The maximum Gasteiger partial charge on any atom is 0.291 e. The Morgan fingerprint density at radius 2 is 1.71 bits per heavy atom. The Bertz CT molecular complexity index is 1210. The Balaban J connectivity index is 1.72. The topological polar surface area (TPSA) is 72.3 Å². The van der Waals surface area contributed by atoms with Gasteiger partial charge in [0.2, 0.25) is 0 Å². The van der Waals surface area contributed by atoms with Crippen LogP contribution in [0.1, 0.15) is 12.0 Å². The number of para-hydroxylation sites is 1. The number of halogens is 2. The number of aromatic nitrogens is 2. The number of benzene rings is 2. The average molecular weight is 436 g/mol. The van der Waals surface area contributed by atoms with Crippen LogP contribution in [0.2, 0.25) is 10.0 Å². The zero-order chi connectivity index (χ0) is 19.9. The molecule has 2 aromatic carbocycles. The molecule has 0 saturated carbocycles. The maximum atomic E-state index is 13.2. The highest BCUT2D eigenvalue weighted by Gasteiger charge is 2.28. The second kappa shape index (κ2) is 7.24. The first kappa shape index (κ1) is 19.0. The quantitative estimate of drug-likeness (QED) is 0.628. The van der Waals surface area contributed by atoms with Gasteiger partial charge in [-0.2, -0.15) is 9.78 Å². The second-order valence-electron chi connectivity index (χ2n) is 6.33. The lowest BCUT2D eigenvalue weighted by Gasteiger charge is -2.30. The Morgan fingerprint density at radius 1 is 1.00 bits per heavy atom. The van der Waals surface area contributed by atoms with Crippen LogP contribution in [0.5, 0.6) is 0 Å². The number of sulfonamides is 1. The van der Waals surface area contributed by atoms with Gasteiger partial charge in [-0.15, -0.1) is 0 Å². The maximum absolute atomic E-state index is 13.2. The minimum absolute atomic E-state index is 0.0610. The number of nitrogens with zero attached hydrogens (tertiary/aromatic N) is 3. The van der Waals surface area contributed by atoms with E-state index in [2.05, 4.69) is 5.10 Å². The van der Waals surface area contributed by atoms with E-state index in [4.69, 9.17) is 23.2 Å². The average Bonchev–Trinajstić information content (AvgIpc) is 2.72. The molecule has 28 heavy (non-hydrogen) atoms. The second-order valence-corrected chi connectivity index (χ2v) is 8.97. The summed E-state index contributed by atoms with van der Waals surface area (Å²) in [5.74, 6) is 0. The molecule has 1 aromatic heterocycles. The van der Waals surface area contributed by atoms with Gasteiger partial charge in [0, 0.05) is 6.54 Å². The fourth-order valence-electron chi connectivity index (χ4n) is 3.23. The molecular weight excluding hydrogens is 421 g/mol. The van der Waals surface area contributed by atoms with E-state index in [1.165, 1.54) is 34.8 Å². The van der Waals surface area contributed by atoms with Crippen molar-refractivity contribution in [2.24, 2.45) is 0 Å². The van der Waals surface area contributed by atoms with Crippen molar-refractivity contribution in [3.05, 3.63) is 80.7 Å². The molecule has 0 N–H and O–H groups in total. The van der Waals surface area contributed by atoms with Gasteiger partial charge in [0.15, 0.2) is 0 Å². The molecule has 4 rings (SSSR count). The third-order valence-corrected chi connectivity index (χ3v) is 7.19. The van der Waals surface area contributed by atoms with Gasteiger partial charge in [-0.3, -0.25) is 9.10 Å². The molecule has 0 fully saturated rings. The highest BCUT2D eigenvalue weighted by molar-refractivity contribution is 7.92. The minimum atomic E-state index is -3.72. The molecule has 0 radical (unpaired) electrons.